The van der Waals surface area contributed by atoms with Crippen LogP contribution in [-0.4, -0.2) is 38.3 Å². The summed E-state index contributed by atoms with van der Waals surface area (Å²) in [6, 6.07) is 22.6. The average Bonchev–Trinajstić information content (AvgIpc) is 3.26. The Bertz CT molecular complexity index is 1300. The number of nitrogens with zero attached hydrogens (tertiary/aromatic N) is 1. The van der Waals surface area contributed by atoms with Gasteiger partial charge in [-0.25, -0.2) is 0 Å². The van der Waals surface area contributed by atoms with E-state index in [4.69, 9.17) is 0 Å². The highest BCUT2D eigenvalue weighted by Gasteiger charge is 2.48. The van der Waals surface area contributed by atoms with E-state index in [1.807, 2.05) is 69.3 Å². The van der Waals surface area contributed by atoms with Crippen LogP contribution in [0.1, 0.15) is 53.4 Å². The molecule has 1 aliphatic heterocycles. The van der Waals surface area contributed by atoms with Gasteiger partial charge in [0, 0.05) is 11.7 Å². The SMILES string of the molecule is CCc1ccc(C2(c3ccccc3)C=C(N(C(=O)c3ccc(C)cc3O)C(C)C)C(C(=O)O)S2)cc1. The Morgan fingerprint density at radius 1 is 1.00 bits per heavy atom. The molecular weight excluding hydrogens is 470 g/mol. The summed E-state index contributed by atoms with van der Waals surface area (Å²) in [5.74, 6) is -1.56. The van der Waals surface area contributed by atoms with Crippen molar-refractivity contribution in [3.05, 3.63) is 112 Å². The first kappa shape index (κ1) is 25.6. The van der Waals surface area contributed by atoms with Crippen LogP contribution in [0.5, 0.6) is 5.75 Å². The number of hydrogen-bond acceptors (Lipinski definition) is 4. The highest BCUT2D eigenvalue weighted by Crippen LogP contribution is 2.54. The summed E-state index contributed by atoms with van der Waals surface area (Å²) in [5.41, 5.74) is 4.47. The molecule has 2 atom stereocenters. The Morgan fingerprint density at radius 2 is 1.64 bits per heavy atom. The zero-order chi connectivity index (χ0) is 26.0. The minimum Gasteiger partial charge on any atom is -0.507 e. The van der Waals surface area contributed by atoms with E-state index in [0.29, 0.717) is 5.70 Å². The summed E-state index contributed by atoms with van der Waals surface area (Å²) in [5, 5.41) is 19.9. The van der Waals surface area contributed by atoms with Crippen molar-refractivity contribution < 1.29 is 19.8 Å². The molecule has 6 heteroatoms. The Kier molecular flexibility index (Phi) is 7.27. The Hall–Kier alpha value is -3.51. The molecule has 0 radical (unpaired) electrons. The molecule has 36 heavy (non-hydrogen) atoms. The van der Waals surface area contributed by atoms with Crippen molar-refractivity contribution in [3.8, 4) is 5.75 Å². The number of carboxylic acids is 1. The maximum Gasteiger partial charge on any atom is 0.322 e. The molecule has 0 spiro atoms. The number of aromatic hydroxyl groups is 1. The first-order valence-electron chi connectivity index (χ1n) is 12.1. The number of aryl methyl sites for hydroxylation is 2. The number of phenolic OH excluding ortho intramolecular Hbond substituents is 1. The molecule has 0 saturated carbocycles. The molecule has 0 bridgehead atoms. The van der Waals surface area contributed by atoms with Gasteiger partial charge < -0.3 is 15.1 Å². The number of hydrogen-bond donors (Lipinski definition) is 2. The van der Waals surface area contributed by atoms with Crippen molar-refractivity contribution in [2.24, 2.45) is 0 Å². The summed E-state index contributed by atoms with van der Waals surface area (Å²) in [7, 11) is 0. The lowest BCUT2D eigenvalue weighted by molar-refractivity contribution is -0.135. The minimum absolute atomic E-state index is 0.117. The summed E-state index contributed by atoms with van der Waals surface area (Å²) in [4.78, 5) is 27.9. The first-order valence-corrected chi connectivity index (χ1v) is 13.0. The van der Waals surface area contributed by atoms with Crippen molar-refractivity contribution >= 4 is 23.6 Å². The van der Waals surface area contributed by atoms with Gasteiger partial charge in [0.1, 0.15) is 11.0 Å². The fourth-order valence-electron chi connectivity index (χ4n) is 4.68. The molecule has 0 fully saturated rings. The van der Waals surface area contributed by atoms with E-state index in [0.717, 1.165) is 23.1 Å². The van der Waals surface area contributed by atoms with E-state index in [1.54, 1.807) is 18.2 Å². The first-order chi connectivity index (χ1) is 17.2. The Labute approximate surface area is 216 Å². The van der Waals surface area contributed by atoms with Gasteiger partial charge >= 0.3 is 5.97 Å². The molecular formula is C30H31NO4S. The molecule has 0 aromatic heterocycles. The fourth-order valence-corrected chi connectivity index (χ4v) is 6.19. The topological polar surface area (TPSA) is 77.8 Å². The lowest BCUT2D eigenvalue weighted by Crippen LogP contribution is -2.40. The van der Waals surface area contributed by atoms with E-state index in [2.05, 4.69) is 19.1 Å². The van der Waals surface area contributed by atoms with Gasteiger partial charge in [0.25, 0.3) is 5.91 Å². The van der Waals surface area contributed by atoms with Crippen molar-refractivity contribution in [1.82, 2.24) is 4.90 Å². The molecule has 0 saturated heterocycles. The zero-order valence-electron chi connectivity index (χ0n) is 20.9. The number of benzene rings is 3. The largest absolute Gasteiger partial charge is 0.507 e. The van der Waals surface area contributed by atoms with Crippen LogP contribution in [0.2, 0.25) is 0 Å². The van der Waals surface area contributed by atoms with Crippen LogP contribution < -0.4 is 0 Å². The Balaban J connectivity index is 1.92. The lowest BCUT2D eigenvalue weighted by Gasteiger charge is -2.30. The maximum absolute atomic E-state index is 13.8. The summed E-state index contributed by atoms with van der Waals surface area (Å²) in [6.07, 6.45) is 2.83. The number of amides is 1. The summed E-state index contributed by atoms with van der Waals surface area (Å²) >= 11 is 1.31. The van der Waals surface area contributed by atoms with Crippen LogP contribution in [0.3, 0.4) is 0 Å². The molecule has 2 N–H and O–H groups in total. The molecule has 1 heterocycles. The van der Waals surface area contributed by atoms with Crippen molar-refractivity contribution in [2.45, 2.75) is 50.2 Å². The van der Waals surface area contributed by atoms with Gasteiger partial charge in [-0.15, -0.1) is 11.8 Å². The smallest absolute Gasteiger partial charge is 0.322 e. The van der Waals surface area contributed by atoms with E-state index < -0.39 is 21.9 Å². The van der Waals surface area contributed by atoms with Crippen molar-refractivity contribution in [1.29, 1.82) is 0 Å². The number of thioether (sulfide) groups is 1. The van der Waals surface area contributed by atoms with Crippen LogP contribution in [0.15, 0.2) is 84.6 Å². The maximum atomic E-state index is 13.8. The summed E-state index contributed by atoms with van der Waals surface area (Å²) < 4.78 is -0.797. The molecule has 0 aliphatic carbocycles. The van der Waals surface area contributed by atoms with Crippen LogP contribution in [0.25, 0.3) is 0 Å². The van der Waals surface area contributed by atoms with E-state index in [9.17, 15) is 19.8 Å². The van der Waals surface area contributed by atoms with Crippen molar-refractivity contribution in [2.75, 3.05) is 0 Å². The van der Waals surface area contributed by atoms with E-state index in [-0.39, 0.29) is 17.4 Å². The Morgan fingerprint density at radius 3 is 2.19 bits per heavy atom. The third kappa shape index (κ3) is 4.65. The van der Waals surface area contributed by atoms with Crippen LogP contribution in [-0.2, 0) is 16.0 Å². The van der Waals surface area contributed by atoms with Gasteiger partial charge in [-0.3, -0.25) is 9.59 Å². The minimum atomic E-state index is -1.01. The standard InChI is InChI=1S/C30H31NO4S/c1-5-21-12-14-23(15-13-21)30(22-9-7-6-8-10-22)18-25(27(36-30)29(34)35)31(19(2)3)28(33)24-16-11-20(4)17-26(24)32/h6-19,27,32H,5H2,1-4H3,(H,34,35). The predicted molar refractivity (Wildman–Crippen MR) is 144 cm³/mol. The van der Waals surface area contributed by atoms with Gasteiger partial charge in [-0.05, 0) is 67.7 Å². The van der Waals surface area contributed by atoms with Gasteiger partial charge in [0.2, 0.25) is 0 Å². The molecule has 186 valence electrons. The third-order valence-electron chi connectivity index (χ3n) is 6.54. The molecule has 1 amide bonds. The third-order valence-corrected chi connectivity index (χ3v) is 8.18. The summed E-state index contributed by atoms with van der Waals surface area (Å²) in [6.45, 7) is 7.64. The molecule has 3 aromatic rings. The number of carboxylic acid groups (broad SMARTS) is 1. The molecule has 1 aliphatic rings. The molecule has 5 nitrogen and oxygen atoms in total. The number of rotatable bonds is 7. The van der Waals surface area contributed by atoms with E-state index in [1.165, 1.54) is 22.2 Å². The van der Waals surface area contributed by atoms with Crippen LogP contribution in [0.4, 0.5) is 0 Å². The number of carbonyl (C=O) groups is 2. The normalized spacial score (nSPS) is 19.2. The van der Waals surface area contributed by atoms with Crippen molar-refractivity contribution in [3.63, 3.8) is 0 Å². The van der Waals surface area contributed by atoms with Crippen LogP contribution >= 0.6 is 11.8 Å². The number of aliphatic carboxylic acids is 1. The molecule has 4 rings (SSSR count). The quantitative estimate of drug-likeness (QED) is 0.407. The van der Waals surface area contributed by atoms with Crippen LogP contribution in [0, 0.1) is 6.92 Å². The van der Waals surface area contributed by atoms with Gasteiger partial charge in [-0.1, -0.05) is 67.6 Å². The average molecular weight is 502 g/mol. The number of carbonyl (C=O) groups excluding carboxylic acids is 1. The highest BCUT2D eigenvalue weighted by molar-refractivity contribution is 8.02. The van der Waals surface area contributed by atoms with Gasteiger partial charge in [-0.2, -0.15) is 0 Å². The molecule has 3 aromatic carbocycles. The monoisotopic (exact) mass is 501 g/mol. The van der Waals surface area contributed by atoms with E-state index >= 15 is 0 Å². The van der Waals surface area contributed by atoms with Gasteiger partial charge in [0.05, 0.1) is 10.3 Å². The lowest BCUT2D eigenvalue weighted by atomic mass is 9.88. The van der Waals surface area contributed by atoms with Gasteiger partial charge in [0.15, 0.2) is 0 Å². The highest BCUT2D eigenvalue weighted by atomic mass is 32.2. The second-order valence-electron chi connectivity index (χ2n) is 9.35. The number of phenols is 1. The predicted octanol–water partition coefficient (Wildman–Crippen LogP) is 6.14. The zero-order valence-corrected chi connectivity index (χ0v) is 21.8. The second-order valence-corrected chi connectivity index (χ2v) is 10.7. The second kappa shape index (κ2) is 10.2. The molecule has 2 unspecified atom stereocenters. The fraction of sp³-hybridized carbons (Fsp3) is 0.267.